The highest BCUT2D eigenvalue weighted by Gasteiger charge is 1.97. The van der Waals surface area contributed by atoms with Gasteiger partial charge in [-0.3, -0.25) is 0 Å². The molecule has 0 fully saturated rings. The van der Waals surface area contributed by atoms with Crippen molar-refractivity contribution in [2.45, 2.75) is 32.7 Å². The highest BCUT2D eigenvalue weighted by atomic mass is 127. The van der Waals surface area contributed by atoms with Crippen molar-refractivity contribution in [3.05, 3.63) is 21.7 Å². The molecule has 0 aromatic carbocycles. The standard InChI is InChI=1S/C10H16INO/c1-2-3-4-7-12-8-9-5-6-10(11)13-9/h5-6,12H,2-4,7-8H2,1H3. The summed E-state index contributed by atoms with van der Waals surface area (Å²) in [5.74, 6) is 1.03. The van der Waals surface area contributed by atoms with E-state index >= 15 is 0 Å². The molecule has 0 unspecified atom stereocenters. The van der Waals surface area contributed by atoms with E-state index in [0.717, 1.165) is 22.6 Å². The first kappa shape index (κ1) is 11.0. The zero-order chi connectivity index (χ0) is 9.52. The second-order valence-corrected chi connectivity index (χ2v) is 4.15. The summed E-state index contributed by atoms with van der Waals surface area (Å²) < 4.78 is 6.38. The summed E-state index contributed by atoms with van der Waals surface area (Å²) in [7, 11) is 0. The first-order chi connectivity index (χ1) is 6.33. The third kappa shape index (κ3) is 4.67. The predicted molar refractivity (Wildman–Crippen MR) is 62.7 cm³/mol. The lowest BCUT2D eigenvalue weighted by Gasteiger charge is -2.00. The Labute approximate surface area is 93.2 Å². The highest BCUT2D eigenvalue weighted by molar-refractivity contribution is 14.1. The molecule has 0 amide bonds. The van der Waals surface area contributed by atoms with Crippen LogP contribution in [0.1, 0.15) is 31.9 Å². The number of unbranched alkanes of at least 4 members (excludes halogenated alkanes) is 2. The fraction of sp³-hybridized carbons (Fsp3) is 0.600. The molecule has 0 saturated carbocycles. The molecule has 1 heterocycles. The van der Waals surface area contributed by atoms with Crippen LogP contribution in [0.3, 0.4) is 0 Å². The Balaban J connectivity index is 2.06. The fourth-order valence-corrected chi connectivity index (χ4v) is 1.62. The molecule has 1 aromatic heterocycles. The summed E-state index contributed by atoms with van der Waals surface area (Å²) in [6, 6.07) is 4.01. The van der Waals surface area contributed by atoms with Crippen molar-refractivity contribution in [3.8, 4) is 0 Å². The Morgan fingerprint density at radius 1 is 1.38 bits per heavy atom. The Morgan fingerprint density at radius 2 is 2.23 bits per heavy atom. The molecule has 0 radical (unpaired) electrons. The molecule has 2 nitrogen and oxygen atoms in total. The number of halogens is 1. The summed E-state index contributed by atoms with van der Waals surface area (Å²) in [5, 5.41) is 3.35. The fourth-order valence-electron chi connectivity index (χ4n) is 1.16. The molecule has 0 spiro atoms. The van der Waals surface area contributed by atoms with Crippen LogP contribution in [0.5, 0.6) is 0 Å². The summed E-state index contributed by atoms with van der Waals surface area (Å²) in [6.45, 7) is 4.16. The van der Waals surface area contributed by atoms with E-state index in [1.807, 2.05) is 12.1 Å². The van der Waals surface area contributed by atoms with Gasteiger partial charge in [-0.05, 0) is 47.7 Å². The van der Waals surface area contributed by atoms with Crippen LogP contribution in [-0.2, 0) is 6.54 Å². The van der Waals surface area contributed by atoms with Crippen molar-refractivity contribution < 1.29 is 4.42 Å². The Bertz CT molecular complexity index is 235. The highest BCUT2D eigenvalue weighted by Crippen LogP contribution is 2.09. The van der Waals surface area contributed by atoms with Crippen LogP contribution in [0.25, 0.3) is 0 Å². The molecular weight excluding hydrogens is 277 g/mol. The van der Waals surface area contributed by atoms with Gasteiger partial charge in [0.1, 0.15) is 5.76 Å². The average molecular weight is 293 g/mol. The van der Waals surface area contributed by atoms with Crippen LogP contribution >= 0.6 is 22.6 Å². The van der Waals surface area contributed by atoms with Gasteiger partial charge in [-0.25, -0.2) is 0 Å². The van der Waals surface area contributed by atoms with Gasteiger partial charge in [0.05, 0.1) is 6.54 Å². The number of hydrogen-bond donors (Lipinski definition) is 1. The minimum atomic E-state index is 0.854. The Hall–Kier alpha value is -0.0300. The third-order valence-electron chi connectivity index (χ3n) is 1.89. The predicted octanol–water partition coefficient (Wildman–Crippen LogP) is 3.16. The minimum absolute atomic E-state index is 0.854. The lowest BCUT2D eigenvalue weighted by molar-refractivity contribution is 0.460. The topological polar surface area (TPSA) is 25.2 Å². The number of hydrogen-bond acceptors (Lipinski definition) is 2. The van der Waals surface area contributed by atoms with Crippen LogP contribution < -0.4 is 5.32 Å². The van der Waals surface area contributed by atoms with E-state index in [0.29, 0.717) is 0 Å². The van der Waals surface area contributed by atoms with Crippen molar-refractivity contribution in [3.63, 3.8) is 0 Å². The van der Waals surface area contributed by atoms with Gasteiger partial charge in [0.25, 0.3) is 0 Å². The van der Waals surface area contributed by atoms with E-state index in [4.69, 9.17) is 4.42 Å². The normalized spacial score (nSPS) is 10.6. The van der Waals surface area contributed by atoms with E-state index in [1.54, 1.807) is 0 Å². The summed E-state index contributed by atoms with van der Waals surface area (Å²) in [5.41, 5.74) is 0. The zero-order valence-corrected chi connectivity index (χ0v) is 10.1. The van der Waals surface area contributed by atoms with Crippen LogP contribution in [-0.4, -0.2) is 6.54 Å². The van der Waals surface area contributed by atoms with Gasteiger partial charge in [0.15, 0.2) is 3.77 Å². The van der Waals surface area contributed by atoms with Crippen LogP contribution in [0, 0.1) is 3.77 Å². The maximum atomic E-state index is 5.41. The van der Waals surface area contributed by atoms with Gasteiger partial charge in [0.2, 0.25) is 0 Å². The quantitative estimate of drug-likeness (QED) is 0.644. The summed E-state index contributed by atoms with van der Waals surface area (Å²) in [6.07, 6.45) is 3.84. The van der Waals surface area contributed by atoms with Crippen molar-refractivity contribution in [2.75, 3.05) is 6.54 Å². The van der Waals surface area contributed by atoms with E-state index in [2.05, 4.69) is 34.8 Å². The number of furan rings is 1. The molecule has 1 aromatic rings. The first-order valence-electron chi connectivity index (χ1n) is 4.78. The molecule has 74 valence electrons. The molecule has 0 aliphatic carbocycles. The number of rotatable bonds is 6. The van der Waals surface area contributed by atoms with Crippen LogP contribution in [0.2, 0.25) is 0 Å². The molecule has 3 heteroatoms. The molecule has 0 aliphatic rings. The average Bonchev–Trinajstić information content (AvgIpc) is 2.51. The van der Waals surface area contributed by atoms with Gasteiger partial charge < -0.3 is 9.73 Å². The van der Waals surface area contributed by atoms with Crippen molar-refractivity contribution in [1.29, 1.82) is 0 Å². The Morgan fingerprint density at radius 3 is 2.85 bits per heavy atom. The molecule has 0 bridgehead atoms. The van der Waals surface area contributed by atoms with E-state index in [1.165, 1.54) is 19.3 Å². The van der Waals surface area contributed by atoms with Crippen molar-refractivity contribution >= 4 is 22.6 Å². The lowest BCUT2D eigenvalue weighted by atomic mass is 10.2. The second-order valence-electron chi connectivity index (χ2n) is 3.09. The third-order valence-corrected chi connectivity index (χ3v) is 2.46. The van der Waals surface area contributed by atoms with E-state index < -0.39 is 0 Å². The monoisotopic (exact) mass is 293 g/mol. The number of nitrogens with one attached hydrogen (secondary N) is 1. The van der Waals surface area contributed by atoms with Crippen molar-refractivity contribution in [2.24, 2.45) is 0 Å². The van der Waals surface area contributed by atoms with Gasteiger partial charge in [0, 0.05) is 0 Å². The molecule has 1 rings (SSSR count). The van der Waals surface area contributed by atoms with Gasteiger partial charge >= 0.3 is 0 Å². The molecule has 13 heavy (non-hydrogen) atoms. The smallest absolute Gasteiger partial charge is 0.164 e. The van der Waals surface area contributed by atoms with Gasteiger partial charge in [-0.2, -0.15) is 0 Å². The van der Waals surface area contributed by atoms with Crippen molar-refractivity contribution in [1.82, 2.24) is 5.32 Å². The van der Waals surface area contributed by atoms with Gasteiger partial charge in [-0.15, -0.1) is 0 Å². The maximum Gasteiger partial charge on any atom is 0.164 e. The van der Waals surface area contributed by atoms with Crippen LogP contribution in [0.4, 0.5) is 0 Å². The first-order valence-corrected chi connectivity index (χ1v) is 5.85. The van der Waals surface area contributed by atoms with Gasteiger partial charge in [-0.1, -0.05) is 19.8 Å². The summed E-state index contributed by atoms with van der Waals surface area (Å²) in [4.78, 5) is 0. The van der Waals surface area contributed by atoms with Crippen LogP contribution in [0.15, 0.2) is 16.5 Å². The second kappa shape index (κ2) is 6.43. The minimum Gasteiger partial charge on any atom is -0.454 e. The molecule has 0 saturated heterocycles. The van der Waals surface area contributed by atoms with E-state index in [9.17, 15) is 0 Å². The maximum absolute atomic E-state index is 5.41. The molecule has 0 aliphatic heterocycles. The Kier molecular flexibility index (Phi) is 5.46. The molecule has 0 atom stereocenters. The lowest BCUT2D eigenvalue weighted by Crippen LogP contribution is -2.13. The molecule has 1 N–H and O–H groups in total. The van der Waals surface area contributed by atoms with E-state index in [-0.39, 0.29) is 0 Å². The largest absolute Gasteiger partial charge is 0.454 e. The zero-order valence-electron chi connectivity index (χ0n) is 7.98. The summed E-state index contributed by atoms with van der Waals surface area (Å²) >= 11 is 2.18. The molecular formula is C10H16INO. The SMILES string of the molecule is CCCCCNCc1ccc(I)o1.